The molecular formula is C34H42ClN5O3S2. The van der Waals surface area contributed by atoms with E-state index in [1.54, 1.807) is 53.9 Å². The van der Waals surface area contributed by atoms with Crippen molar-refractivity contribution >= 4 is 49.5 Å². The molecule has 8 nitrogen and oxygen atoms in total. The number of halogens is 1. The largest absolute Gasteiger partial charge is 0.387 e. The van der Waals surface area contributed by atoms with Crippen molar-refractivity contribution in [1.82, 2.24) is 15.3 Å². The Hall–Kier alpha value is -3.02. The van der Waals surface area contributed by atoms with Crippen molar-refractivity contribution in [3.8, 4) is 0 Å². The van der Waals surface area contributed by atoms with Crippen LogP contribution in [0.4, 0.5) is 16.5 Å². The molecule has 1 aliphatic heterocycles. The third-order valence-corrected chi connectivity index (χ3v) is 10.7. The van der Waals surface area contributed by atoms with Crippen LogP contribution in [0, 0.1) is 0 Å². The molecule has 1 atom stereocenters. The van der Waals surface area contributed by atoms with Crippen LogP contribution in [0.1, 0.15) is 73.9 Å². The number of pyridine rings is 1. The first-order chi connectivity index (χ1) is 21.8. The number of unbranched alkanes of at least 4 members (excludes halogenated alkanes) is 5. The molecule has 0 aliphatic carbocycles. The van der Waals surface area contributed by atoms with E-state index >= 15 is 0 Å². The quantitative estimate of drug-likeness (QED) is 0.0793. The fourth-order valence-corrected chi connectivity index (χ4v) is 7.80. The van der Waals surface area contributed by atoms with Gasteiger partial charge < -0.3 is 15.3 Å². The second-order valence-corrected chi connectivity index (χ2v) is 14.4. The van der Waals surface area contributed by atoms with Crippen molar-refractivity contribution in [2.24, 2.45) is 0 Å². The topological polar surface area (TPSA) is 107 Å². The van der Waals surface area contributed by atoms with E-state index < -0.39 is 16.1 Å². The summed E-state index contributed by atoms with van der Waals surface area (Å²) in [4.78, 5) is 11.4. The summed E-state index contributed by atoms with van der Waals surface area (Å²) in [6.07, 6.45) is 11.0. The van der Waals surface area contributed by atoms with Crippen molar-refractivity contribution in [1.29, 1.82) is 0 Å². The van der Waals surface area contributed by atoms with Crippen molar-refractivity contribution < 1.29 is 13.5 Å². The monoisotopic (exact) mass is 667 g/mol. The van der Waals surface area contributed by atoms with E-state index in [9.17, 15) is 13.5 Å². The van der Waals surface area contributed by atoms with Crippen LogP contribution >= 0.6 is 22.9 Å². The number of thiazole rings is 1. The lowest BCUT2D eigenvalue weighted by atomic mass is 10.1. The summed E-state index contributed by atoms with van der Waals surface area (Å²) >= 11 is 7.72. The zero-order valence-electron chi connectivity index (χ0n) is 25.7. The average molecular weight is 668 g/mol. The Morgan fingerprint density at radius 1 is 1.04 bits per heavy atom. The number of nitrogens with zero attached hydrogens (tertiary/aromatic N) is 3. The van der Waals surface area contributed by atoms with Gasteiger partial charge in [-0.05, 0) is 79.8 Å². The molecule has 3 heterocycles. The van der Waals surface area contributed by atoms with Gasteiger partial charge in [0, 0.05) is 41.6 Å². The SMILES string of the molecule is CCCCCCCCc1csc(N2CCc3cc(S(=O)(=O)Nc4ccc(CCNC[C@H](O)c5cccnc5Cl)cc4)ccc32)n1. The number of aliphatic hydroxyl groups excluding tert-OH is 1. The van der Waals surface area contributed by atoms with E-state index in [4.69, 9.17) is 16.6 Å². The minimum absolute atomic E-state index is 0.256. The van der Waals surface area contributed by atoms with Gasteiger partial charge in [-0.3, -0.25) is 4.72 Å². The van der Waals surface area contributed by atoms with E-state index in [2.05, 4.69) is 32.2 Å². The van der Waals surface area contributed by atoms with E-state index in [1.807, 2.05) is 18.2 Å². The molecule has 11 heteroatoms. The predicted molar refractivity (Wildman–Crippen MR) is 184 cm³/mol. The van der Waals surface area contributed by atoms with Crippen molar-refractivity contribution in [2.75, 3.05) is 29.3 Å². The summed E-state index contributed by atoms with van der Waals surface area (Å²) in [5, 5.41) is 17.0. The lowest BCUT2D eigenvalue weighted by molar-refractivity contribution is 0.175. The fraction of sp³-hybridized carbons (Fsp3) is 0.412. The number of rotatable bonds is 17. The molecule has 2 aromatic heterocycles. The molecular weight excluding hydrogens is 626 g/mol. The van der Waals surface area contributed by atoms with Gasteiger partial charge >= 0.3 is 0 Å². The number of benzene rings is 2. The van der Waals surface area contributed by atoms with Gasteiger partial charge in [-0.15, -0.1) is 11.3 Å². The molecule has 240 valence electrons. The zero-order chi connectivity index (χ0) is 31.6. The fourth-order valence-electron chi connectivity index (χ4n) is 5.55. The Labute approximate surface area is 276 Å². The van der Waals surface area contributed by atoms with Crippen molar-refractivity contribution in [3.63, 3.8) is 0 Å². The number of aryl methyl sites for hydroxylation is 1. The number of aromatic nitrogens is 2. The van der Waals surface area contributed by atoms with Gasteiger partial charge in [0.1, 0.15) is 5.15 Å². The highest BCUT2D eigenvalue weighted by atomic mass is 35.5. The molecule has 5 rings (SSSR count). The average Bonchev–Trinajstić information content (AvgIpc) is 3.68. The second-order valence-electron chi connectivity index (χ2n) is 11.5. The first-order valence-corrected chi connectivity index (χ1v) is 18.5. The first-order valence-electron chi connectivity index (χ1n) is 15.8. The molecule has 1 aliphatic rings. The molecule has 45 heavy (non-hydrogen) atoms. The highest BCUT2D eigenvalue weighted by molar-refractivity contribution is 7.92. The van der Waals surface area contributed by atoms with Crippen LogP contribution in [-0.4, -0.2) is 43.1 Å². The Balaban J connectivity index is 1.11. The molecule has 0 saturated carbocycles. The summed E-state index contributed by atoms with van der Waals surface area (Å²) in [5.41, 5.74) is 5.35. The molecule has 0 bridgehead atoms. The van der Waals surface area contributed by atoms with Gasteiger partial charge in [0.05, 0.1) is 16.7 Å². The molecule has 4 aromatic rings. The van der Waals surface area contributed by atoms with Crippen LogP contribution in [0.15, 0.2) is 71.1 Å². The Morgan fingerprint density at radius 2 is 1.84 bits per heavy atom. The van der Waals surface area contributed by atoms with Gasteiger partial charge in [0.2, 0.25) is 0 Å². The van der Waals surface area contributed by atoms with E-state index in [0.29, 0.717) is 29.5 Å². The summed E-state index contributed by atoms with van der Waals surface area (Å²) in [6, 6.07) is 16.2. The normalized spacial score (nSPS) is 13.6. The number of hydrogen-bond donors (Lipinski definition) is 3. The van der Waals surface area contributed by atoms with E-state index in [0.717, 1.165) is 53.4 Å². The zero-order valence-corrected chi connectivity index (χ0v) is 28.1. The Morgan fingerprint density at radius 3 is 2.64 bits per heavy atom. The maximum Gasteiger partial charge on any atom is 0.261 e. The molecule has 3 N–H and O–H groups in total. The van der Waals surface area contributed by atoms with Gasteiger partial charge in [-0.25, -0.2) is 18.4 Å². The minimum Gasteiger partial charge on any atom is -0.387 e. The summed E-state index contributed by atoms with van der Waals surface area (Å²) in [6.45, 7) is 4.03. The summed E-state index contributed by atoms with van der Waals surface area (Å²) in [5.74, 6) is 0. The van der Waals surface area contributed by atoms with Gasteiger partial charge in [0.15, 0.2) is 5.13 Å². The van der Waals surface area contributed by atoms with Crippen molar-refractivity contribution in [2.45, 2.75) is 75.7 Å². The predicted octanol–water partition coefficient (Wildman–Crippen LogP) is 7.46. The second kappa shape index (κ2) is 16.0. The molecule has 0 unspecified atom stereocenters. The number of nitrogens with one attached hydrogen (secondary N) is 2. The van der Waals surface area contributed by atoms with Crippen LogP contribution in [-0.2, 0) is 29.3 Å². The number of hydrogen-bond acceptors (Lipinski definition) is 8. The Bertz CT molecular complexity index is 1650. The van der Waals surface area contributed by atoms with E-state index in [1.165, 1.54) is 38.5 Å². The van der Waals surface area contributed by atoms with Gasteiger partial charge in [-0.2, -0.15) is 0 Å². The highest BCUT2D eigenvalue weighted by Gasteiger charge is 2.25. The van der Waals surface area contributed by atoms with Crippen LogP contribution < -0.4 is 14.9 Å². The lowest BCUT2D eigenvalue weighted by Gasteiger charge is -2.16. The first kappa shape index (κ1) is 33.3. The smallest absolute Gasteiger partial charge is 0.261 e. The van der Waals surface area contributed by atoms with E-state index in [-0.39, 0.29) is 4.90 Å². The lowest BCUT2D eigenvalue weighted by Crippen LogP contribution is -2.24. The molecule has 0 fully saturated rings. The number of anilines is 3. The van der Waals surface area contributed by atoms with Gasteiger partial charge in [-0.1, -0.05) is 68.8 Å². The molecule has 0 spiro atoms. The highest BCUT2D eigenvalue weighted by Crippen LogP contribution is 2.37. The minimum atomic E-state index is -3.74. The molecule has 2 aromatic carbocycles. The standard InChI is InChI=1S/C34H42ClN5O3S2/c1-2-3-4-5-6-7-9-28-24-44-34(38-28)40-21-18-26-22-29(15-16-31(26)40)45(42,43)39-27-13-11-25(12-14-27)17-20-36-23-32(41)30-10-8-19-37-33(30)35/h8,10-16,19,22,24,32,36,39,41H,2-7,9,17-18,20-21,23H2,1H3/t32-/m0/s1. The summed E-state index contributed by atoms with van der Waals surface area (Å²) in [7, 11) is -3.74. The summed E-state index contributed by atoms with van der Waals surface area (Å²) < 4.78 is 29.2. The number of sulfonamides is 1. The third kappa shape index (κ3) is 9.04. The van der Waals surface area contributed by atoms with Crippen LogP contribution in [0.2, 0.25) is 5.15 Å². The molecule has 0 saturated heterocycles. The third-order valence-electron chi connectivity index (χ3n) is 8.10. The van der Waals surface area contributed by atoms with Crippen LogP contribution in [0.25, 0.3) is 0 Å². The number of aliphatic hydroxyl groups is 1. The number of fused-ring (bicyclic) bond motifs is 1. The molecule has 0 amide bonds. The van der Waals surface area contributed by atoms with Gasteiger partial charge in [0.25, 0.3) is 10.0 Å². The molecule has 0 radical (unpaired) electrons. The van der Waals surface area contributed by atoms with Crippen LogP contribution in [0.3, 0.4) is 0 Å². The van der Waals surface area contributed by atoms with Crippen LogP contribution in [0.5, 0.6) is 0 Å². The maximum absolute atomic E-state index is 13.3. The van der Waals surface area contributed by atoms with Crippen molar-refractivity contribution in [3.05, 3.63) is 93.7 Å². The maximum atomic E-state index is 13.3. The Kier molecular flexibility index (Phi) is 11.9.